The van der Waals surface area contributed by atoms with E-state index in [1.807, 2.05) is 78.9 Å². The van der Waals surface area contributed by atoms with Crippen molar-refractivity contribution in [1.82, 2.24) is 25.0 Å². The monoisotopic (exact) mass is 658 g/mol. The van der Waals surface area contributed by atoms with Crippen molar-refractivity contribution in [1.29, 1.82) is 0 Å². The van der Waals surface area contributed by atoms with Gasteiger partial charge in [-0.05, 0) is 41.0 Å². The van der Waals surface area contributed by atoms with Gasteiger partial charge in [-0.3, -0.25) is 19.9 Å². The first-order chi connectivity index (χ1) is 23.2. The molecule has 0 radical (unpaired) electrons. The molecule has 1 fully saturated rings. The molecule has 48 heavy (non-hydrogen) atoms. The van der Waals surface area contributed by atoms with Crippen molar-refractivity contribution in [3.8, 4) is 11.5 Å². The molecule has 0 aliphatic carbocycles. The molecule has 4 atom stereocenters. The largest absolute Gasteiger partial charge is 0.497 e. The Bertz CT molecular complexity index is 1880. The molecule has 1 aliphatic rings. The van der Waals surface area contributed by atoms with E-state index in [0.29, 0.717) is 11.5 Å². The first-order valence-corrected chi connectivity index (χ1v) is 15.3. The highest BCUT2D eigenvalue weighted by Crippen LogP contribution is 2.43. The van der Waals surface area contributed by atoms with Gasteiger partial charge < -0.3 is 24.1 Å². The zero-order chi connectivity index (χ0) is 34.0. The van der Waals surface area contributed by atoms with E-state index >= 15 is 4.39 Å². The number of hydrogen-bond acceptors (Lipinski definition) is 10. The third-order valence-electron chi connectivity index (χ3n) is 8.27. The van der Waals surface area contributed by atoms with E-state index in [9.17, 15) is 14.7 Å². The van der Waals surface area contributed by atoms with Gasteiger partial charge in [0.05, 0.1) is 20.8 Å². The molecule has 0 spiro atoms. The number of methoxy groups -OCH3 is 2. The highest BCUT2D eigenvalue weighted by molar-refractivity contribution is 5.91. The summed E-state index contributed by atoms with van der Waals surface area (Å²) in [5.41, 5.74) is -0.00637. The summed E-state index contributed by atoms with van der Waals surface area (Å²) in [7, 11) is 3.15. The molecule has 3 aromatic carbocycles. The Morgan fingerprint density at radius 2 is 1.58 bits per heavy atom. The fourth-order valence-corrected chi connectivity index (χ4v) is 5.66. The van der Waals surface area contributed by atoms with Gasteiger partial charge >= 0.3 is 0 Å². The number of aliphatic hydroxyl groups is 1. The molecule has 1 saturated heterocycles. The van der Waals surface area contributed by atoms with Crippen molar-refractivity contribution in [2.75, 3.05) is 26.1 Å². The zero-order valence-corrected chi connectivity index (χ0v) is 26.7. The number of nitrogens with one attached hydrogen (secondary N) is 2. The van der Waals surface area contributed by atoms with E-state index in [2.05, 4.69) is 25.6 Å². The molecule has 3 N–H and O–H groups in total. The third kappa shape index (κ3) is 6.01. The van der Waals surface area contributed by atoms with Gasteiger partial charge in [0.2, 0.25) is 11.9 Å². The Labute approximate surface area is 274 Å². The highest BCUT2D eigenvalue weighted by Gasteiger charge is 2.48. The number of ether oxygens (including phenoxy) is 4. The third-order valence-corrected chi connectivity index (χ3v) is 8.27. The normalized spacial score (nSPS) is 19.5. The van der Waals surface area contributed by atoms with Crippen molar-refractivity contribution in [3.63, 3.8) is 0 Å². The maximum atomic E-state index is 15.9. The number of aromatic nitrogens is 5. The molecule has 1 aliphatic heterocycles. The van der Waals surface area contributed by atoms with Gasteiger partial charge in [0, 0.05) is 5.92 Å². The average Bonchev–Trinajstić information content (AvgIpc) is 3.66. The number of alkyl halides is 1. The molecule has 14 heteroatoms. The number of benzene rings is 3. The number of rotatable bonds is 11. The number of H-pyrrole nitrogens is 1. The zero-order valence-electron chi connectivity index (χ0n) is 26.7. The second kappa shape index (κ2) is 13.5. The molecule has 13 nitrogen and oxygen atoms in total. The molecule has 3 heterocycles. The van der Waals surface area contributed by atoms with E-state index in [-0.39, 0.29) is 35.5 Å². The van der Waals surface area contributed by atoms with Crippen LogP contribution in [0.1, 0.15) is 36.8 Å². The number of anilines is 1. The number of amides is 1. The van der Waals surface area contributed by atoms with Crippen molar-refractivity contribution in [2.24, 2.45) is 5.92 Å². The molecular formula is C34H35FN6O7. The first-order valence-electron chi connectivity index (χ1n) is 15.3. The fourth-order valence-electron chi connectivity index (χ4n) is 5.66. The molecule has 1 amide bonds. The number of carbonyl (C=O) groups excluding carboxylic acids is 1. The van der Waals surface area contributed by atoms with Crippen molar-refractivity contribution < 1.29 is 33.2 Å². The molecule has 0 bridgehead atoms. The van der Waals surface area contributed by atoms with E-state index < -0.39 is 35.8 Å². The lowest BCUT2D eigenvalue weighted by Crippen LogP contribution is -2.38. The minimum atomic E-state index is -1.92. The summed E-state index contributed by atoms with van der Waals surface area (Å²) in [6.07, 6.45) is -6.32. The quantitative estimate of drug-likeness (QED) is 0.178. The molecule has 250 valence electrons. The Hall–Kier alpha value is -5.18. The van der Waals surface area contributed by atoms with Crippen molar-refractivity contribution >= 4 is 23.0 Å². The van der Waals surface area contributed by atoms with Crippen LogP contribution >= 0.6 is 0 Å². The Morgan fingerprint density at radius 1 is 1.00 bits per heavy atom. The van der Waals surface area contributed by atoms with Crippen LogP contribution in [-0.2, 0) is 19.9 Å². The summed E-state index contributed by atoms with van der Waals surface area (Å²) >= 11 is 0. The van der Waals surface area contributed by atoms with Crippen LogP contribution in [0.3, 0.4) is 0 Å². The van der Waals surface area contributed by atoms with Crippen LogP contribution in [0.25, 0.3) is 11.2 Å². The Morgan fingerprint density at radius 3 is 2.15 bits per heavy atom. The minimum absolute atomic E-state index is 0.106. The maximum Gasteiger partial charge on any atom is 0.282 e. The smallest absolute Gasteiger partial charge is 0.282 e. The van der Waals surface area contributed by atoms with Crippen molar-refractivity contribution in [2.45, 2.75) is 44.1 Å². The summed E-state index contributed by atoms with van der Waals surface area (Å²) in [5.74, 6) is 0.365. The van der Waals surface area contributed by atoms with Gasteiger partial charge in [-0.15, -0.1) is 5.10 Å². The lowest BCUT2D eigenvalue weighted by Gasteiger charge is -2.37. The van der Waals surface area contributed by atoms with E-state index in [4.69, 9.17) is 18.9 Å². The van der Waals surface area contributed by atoms with E-state index in [0.717, 1.165) is 21.4 Å². The number of hydrogen-bond donors (Lipinski definition) is 3. The van der Waals surface area contributed by atoms with Crippen LogP contribution in [-0.4, -0.2) is 75.2 Å². The summed E-state index contributed by atoms with van der Waals surface area (Å²) in [5, 5.41) is 21.4. The predicted molar refractivity (Wildman–Crippen MR) is 172 cm³/mol. The Balaban J connectivity index is 1.36. The van der Waals surface area contributed by atoms with Gasteiger partial charge in [-0.2, -0.15) is 9.67 Å². The van der Waals surface area contributed by atoms with E-state index in [1.165, 1.54) is 0 Å². The molecule has 6 rings (SSSR count). The number of aliphatic hydroxyl groups excluding tert-OH is 1. The molecule has 0 saturated carbocycles. The second-order valence-electron chi connectivity index (χ2n) is 11.6. The average molecular weight is 659 g/mol. The number of nitrogens with zero attached hydrogens (tertiary/aromatic N) is 4. The molecule has 5 aromatic rings. The maximum absolute atomic E-state index is 15.9. The van der Waals surface area contributed by atoms with Gasteiger partial charge in [-0.1, -0.05) is 73.7 Å². The SMILES string of the molecule is COc1ccc(C(OCC2O[C@@H](n3nnc4c(=O)[nH]c(NC(=O)C(C)C)nc43)[C@H](O)[C@H]2F)(c2ccccc2)c2ccc(OC)cc2)cc1. The molecule has 1 unspecified atom stereocenters. The van der Waals surface area contributed by atoms with Crippen LogP contribution in [0.15, 0.2) is 83.7 Å². The van der Waals surface area contributed by atoms with Gasteiger partial charge in [0.25, 0.3) is 5.56 Å². The Kier molecular flexibility index (Phi) is 9.22. The van der Waals surface area contributed by atoms with Crippen LogP contribution in [0.5, 0.6) is 11.5 Å². The number of carbonyl (C=O) groups is 1. The summed E-state index contributed by atoms with van der Waals surface area (Å²) in [6.45, 7) is 3.05. The lowest BCUT2D eigenvalue weighted by atomic mass is 9.80. The summed E-state index contributed by atoms with van der Waals surface area (Å²) in [6, 6.07) is 24.2. The van der Waals surface area contributed by atoms with Crippen LogP contribution in [0, 0.1) is 5.92 Å². The van der Waals surface area contributed by atoms with Crippen LogP contribution < -0.4 is 20.3 Å². The number of halogens is 1. The highest BCUT2D eigenvalue weighted by atomic mass is 19.1. The minimum Gasteiger partial charge on any atom is -0.497 e. The van der Waals surface area contributed by atoms with Gasteiger partial charge in [0.1, 0.15) is 29.3 Å². The van der Waals surface area contributed by atoms with Crippen molar-refractivity contribution in [3.05, 3.63) is 106 Å². The lowest BCUT2D eigenvalue weighted by molar-refractivity contribution is -0.118. The molecular weight excluding hydrogens is 623 g/mol. The topological polar surface area (TPSA) is 163 Å². The fraction of sp³-hybridized carbons (Fsp3) is 0.324. The van der Waals surface area contributed by atoms with E-state index in [1.54, 1.807) is 28.1 Å². The summed E-state index contributed by atoms with van der Waals surface area (Å²) < 4.78 is 40.6. The van der Waals surface area contributed by atoms with Crippen LogP contribution in [0.4, 0.5) is 10.3 Å². The molecule has 2 aromatic heterocycles. The number of aromatic amines is 1. The second-order valence-corrected chi connectivity index (χ2v) is 11.6. The van der Waals surface area contributed by atoms with Gasteiger partial charge in [0.15, 0.2) is 23.6 Å². The predicted octanol–water partition coefficient (Wildman–Crippen LogP) is 3.73. The first kappa shape index (κ1) is 32.7. The summed E-state index contributed by atoms with van der Waals surface area (Å²) in [4.78, 5) is 31.7. The standard InChI is InChI=1S/C34H35FN6O7/c1-19(2)30(43)37-33-36-29-27(31(44)38-33)39-40-41(29)32-28(42)26(35)25(48-32)18-47-34(20-8-6-5-7-9-20,21-10-14-23(45-3)15-11-21)22-12-16-24(46-4)17-13-22/h5-17,19,25-26,28,32,42H,18H2,1-4H3,(H2,36,37,38,43,44)/t25?,26-,28+,32+/m0/s1. The van der Waals surface area contributed by atoms with Crippen LogP contribution in [0.2, 0.25) is 0 Å². The van der Waals surface area contributed by atoms with Gasteiger partial charge in [-0.25, -0.2) is 4.39 Å². The number of fused-ring (bicyclic) bond motifs is 1.